The van der Waals surface area contributed by atoms with Gasteiger partial charge in [0, 0.05) is 30.3 Å². The Bertz CT molecular complexity index is 925. The van der Waals surface area contributed by atoms with Gasteiger partial charge in [0.1, 0.15) is 18.1 Å². The summed E-state index contributed by atoms with van der Waals surface area (Å²) in [5, 5.41) is 2.86. The molecule has 1 unspecified atom stereocenters. The first-order valence-electron chi connectivity index (χ1n) is 9.47. The minimum atomic E-state index is -0.198. The number of benzene rings is 2. The van der Waals surface area contributed by atoms with Gasteiger partial charge in [-0.25, -0.2) is 9.97 Å². The summed E-state index contributed by atoms with van der Waals surface area (Å²) in [6, 6.07) is 16.1. The Morgan fingerprint density at radius 2 is 1.76 bits per heavy atom. The maximum Gasteiger partial charge on any atom is 0.321 e. The van der Waals surface area contributed by atoms with Crippen molar-refractivity contribution >= 4 is 11.6 Å². The molecule has 1 aliphatic heterocycles. The lowest BCUT2D eigenvalue weighted by atomic mass is 10.2. The summed E-state index contributed by atoms with van der Waals surface area (Å²) in [6.07, 6.45) is 5.49. The SMILES string of the molecule is O=C(Nc1ccc(Oc2ncccn2)cc1)c1ccc(OCC2CCCO2)cc1. The van der Waals surface area contributed by atoms with Crippen molar-refractivity contribution in [1.29, 1.82) is 0 Å². The number of hydrogen-bond acceptors (Lipinski definition) is 6. The zero-order chi connectivity index (χ0) is 19.9. The van der Waals surface area contributed by atoms with Gasteiger partial charge in [-0.1, -0.05) is 0 Å². The molecule has 1 fully saturated rings. The number of aromatic nitrogens is 2. The van der Waals surface area contributed by atoms with E-state index in [9.17, 15) is 4.79 Å². The van der Waals surface area contributed by atoms with Crippen molar-refractivity contribution in [2.75, 3.05) is 18.5 Å². The average Bonchev–Trinajstić information content (AvgIpc) is 3.28. The summed E-state index contributed by atoms with van der Waals surface area (Å²) >= 11 is 0. The summed E-state index contributed by atoms with van der Waals surface area (Å²) in [6.45, 7) is 1.34. The summed E-state index contributed by atoms with van der Waals surface area (Å²) in [7, 11) is 0. The van der Waals surface area contributed by atoms with Crippen LogP contribution in [0, 0.1) is 0 Å². The summed E-state index contributed by atoms with van der Waals surface area (Å²) in [5.41, 5.74) is 1.21. The molecule has 1 saturated heterocycles. The molecule has 1 N–H and O–H groups in total. The Morgan fingerprint density at radius 1 is 1.03 bits per heavy atom. The monoisotopic (exact) mass is 391 g/mol. The number of hydrogen-bond donors (Lipinski definition) is 1. The molecule has 0 aliphatic carbocycles. The number of carbonyl (C=O) groups excluding carboxylic acids is 1. The van der Waals surface area contributed by atoms with E-state index in [0.29, 0.717) is 23.6 Å². The van der Waals surface area contributed by atoms with Gasteiger partial charge in [0.05, 0.1) is 6.10 Å². The van der Waals surface area contributed by atoms with Crippen LogP contribution in [0.2, 0.25) is 0 Å². The summed E-state index contributed by atoms with van der Waals surface area (Å²) < 4.78 is 16.8. The Morgan fingerprint density at radius 3 is 2.45 bits per heavy atom. The number of carbonyl (C=O) groups is 1. The van der Waals surface area contributed by atoms with Crippen molar-refractivity contribution in [1.82, 2.24) is 9.97 Å². The minimum Gasteiger partial charge on any atom is -0.491 e. The Labute approximate surface area is 168 Å². The van der Waals surface area contributed by atoms with Crippen molar-refractivity contribution in [3.05, 3.63) is 72.6 Å². The van der Waals surface area contributed by atoms with E-state index in [1.807, 2.05) is 0 Å². The second-order valence-electron chi connectivity index (χ2n) is 6.58. The largest absolute Gasteiger partial charge is 0.491 e. The lowest BCUT2D eigenvalue weighted by Gasteiger charge is -2.12. The van der Waals surface area contributed by atoms with Crippen LogP contribution in [0.4, 0.5) is 5.69 Å². The molecule has 2 heterocycles. The minimum absolute atomic E-state index is 0.165. The predicted octanol–water partition coefficient (Wildman–Crippen LogP) is 4.08. The topological polar surface area (TPSA) is 82.6 Å². The second-order valence-corrected chi connectivity index (χ2v) is 6.58. The van der Waals surface area contributed by atoms with E-state index in [2.05, 4.69) is 15.3 Å². The van der Waals surface area contributed by atoms with Crippen molar-refractivity contribution in [2.45, 2.75) is 18.9 Å². The molecule has 0 bridgehead atoms. The van der Waals surface area contributed by atoms with E-state index < -0.39 is 0 Å². The molecule has 1 aliphatic rings. The molecule has 148 valence electrons. The molecule has 3 aromatic rings. The third kappa shape index (κ3) is 5.30. The van der Waals surface area contributed by atoms with Gasteiger partial charge in [-0.2, -0.15) is 0 Å². The van der Waals surface area contributed by atoms with Gasteiger partial charge in [-0.15, -0.1) is 0 Å². The highest BCUT2D eigenvalue weighted by Crippen LogP contribution is 2.21. The van der Waals surface area contributed by atoms with Crippen LogP contribution in [-0.2, 0) is 4.74 Å². The molecule has 2 aromatic carbocycles. The summed E-state index contributed by atoms with van der Waals surface area (Å²) in [4.78, 5) is 20.5. The van der Waals surface area contributed by atoms with Crippen LogP contribution in [-0.4, -0.2) is 35.2 Å². The van der Waals surface area contributed by atoms with Gasteiger partial charge in [0.15, 0.2) is 0 Å². The van der Waals surface area contributed by atoms with Crippen molar-refractivity contribution < 1.29 is 19.0 Å². The van der Waals surface area contributed by atoms with Gasteiger partial charge >= 0.3 is 6.01 Å². The molecule has 7 nitrogen and oxygen atoms in total. The molecular formula is C22H21N3O4. The highest BCUT2D eigenvalue weighted by Gasteiger charge is 2.16. The quantitative estimate of drug-likeness (QED) is 0.653. The van der Waals surface area contributed by atoms with E-state index in [1.165, 1.54) is 0 Å². The lowest BCUT2D eigenvalue weighted by Crippen LogP contribution is -2.16. The molecule has 0 saturated carbocycles. The lowest BCUT2D eigenvalue weighted by molar-refractivity contribution is 0.0679. The molecule has 1 atom stereocenters. The van der Waals surface area contributed by atoms with Crippen LogP contribution in [0.1, 0.15) is 23.2 Å². The van der Waals surface area contributed by atoms with Gasteiger partial charge in [0.2, 0.25) is 0 Å². The highest BCUT2D eigenvalue weighted by molar-refractivity contribution is 6.04. The van der Waals surface area contributed by atoms with E-state index in [-0.39, 0.29) is 18.0 Å². The number of amides is 1. The van der Waals surface area contributed by atoms with Crippen molar-refractivity contribution in [3.8, 4) is 17.5 Å². The van der Waals surface area contributed by atoms with Crippen molar-refractivity contribution in [2.24, 2.45) is 0 Å². The van der Waals surface area contributed by atoms with E-state index >= 15 is 0 Å². The first-order chi connectivity index (χ1) is 14.3. The second kappa shape index (κ2) is 9.16. The van der Waals surface area contributed by atoms with Gasteiger partial charge in [-0.3, -0.25) is 4.79 Å². The van der Waals surface area contributed by atoms with E-state index in [4.69, 9.17) is 14.2 Å². The molecule has 1 amide bonds. The van der Waals surface area contributed by atoms with Crippen LogP contribution in [0.5, 0.6) is 17.5 Å². The van der Waals surface area contributed by atoms with Crippen LogP contribution >= 0.6 is 0 Å². The fourth-order valence-corrected chi connectivity index (χ4v) is 2.92. The Hall–Kier alpha value is -3.45. The average molecular weight is 391 g/mol. The molecule has 7 heteroatoms. The van der Waals surface area contributed by atoms with Gasteiger partial charge in [-0.05, 0) is 67.4 Å². The fraction of sp³-hybridized carbons (Fsp3) is 0.227. The van der Waals surface area contributed by atoms with Gasteiger partial charge in [0.25, 0.3) is 5.91 Å². The van der Waals surface area contributed by atoms with Crippen LogP contribution in [0.15, 0.2) is 67.0 Å². The number of anilines is 1. The predicted molar refractivity (Wildman–Crippen MR) is 107 cm³/mol. The molecule has 4 rings (SSSR count). The Kier molecular flexibility index (Phi) is 5.97. The first kappa shape index (κ1) is 18.9. The number of rotatable bonds is 7. The Balaban J connectivity index is 1.30. The smallest absolute Gasteiger partial charge is 0.321 e. The van der Waals surface area contributed by atoms with Crippen LogP contribution in [0.25, 0.3) is 0 Å². The number of nitrogens with zero attached hydrogens (tertiary/aromatic N) is 2. The van der Waals surface area contributed by atoms with Crippen LogP contribution < -0.4 is 14.8 Å². The maximum atomic E-state index is 12.4. The molecule has 1 aromatic heterocycles. The van der Waals surface area contributed by atoms with E-state index in [1.54, 1.807) is 67.0 Å². The first-order valence-corrected chi connectivity index (χ1v) is 9.47. The maximum absolute atomic E-state index is 12.4. The summed E-state index contributed by atoms with van der Waals surface area (Å²) in [5.74, 6) is 1.11. The zero-order valence-corrected chi connectivity index (χ0v) is 15.8. The zero-order valence-electron chi connectivity index (χ0n) is 15.8. The number of ether oxygens (including phenoxy) is 3. The van der Waals surface area contributed by atoms with Gasteiger partial charge < -0.3 is 19.5 Å². The normalized spacial score (nSPS) is 15.7. The molecule has 0 radical (unpaired) electrons. The third-order valence-corrected chi connectivity index (χ3v) is 4.44. The molecule has 0 spiro atoms. The fourth-order valence-electron chi connectivity index (χ4n) is 2.92. The van der Waals surface area contributed by atoms with Crippen LogP contribution in [0.3, 0.4) is 0 Å². The molecule has 29 heavy (non-hydrogen) atoms. The number of nitrogens with one attached hydrogen (secondary N) is 1. The third-order valence-electron chi connectivity index (χ3n) is 4.44. The standard InChI is InChI=1S/C22H21N3O4/c26-21(16-4-8-18(9-5-16)28-15-20-3-1-14-27-20)25-17-6-10-19(11-7-17)29-22-23-12-2-13-24-22/h2,4-13,20H,1,3,14-15H2,(H,25,26). The van der Waals surface area contributed by atoms with E-state index in [0.717, 1.165) is 25.2 Å². The molecular weight excluding hydrogens is 370 g/mol. The highest BCUT2D eigenvalue weighted by atomic mass is 16.5. The van der Waals surface area contributed by atoms with Crippen molar-refractivity contribution in [3.63, 3.8) is 0 Å².